The molecule has 0 bridgehead atoms. The summed E-state index contributed by atoms with van der Waals surface area (Å²) < 4.78 is 1.34. The molecule has 0 fully saturated rings. The fourth-order valence-electron chi connectivity index (χ4n) is 3.47. The van der Waals surface area contributed by atoms with Crippen LogP contribution in [0.15, 0.2) is 66.7 Å². The molecule has 23 heavy (non-hydrogen) atoms. The Balaban J connectivity index is 1.96. The van der Waals surface area contributed by atoms with Gasteiger partial charge in [-0.1, -0.05) is 42.5 Å². The van der Waals surface area contributed by atoms with Crippen LogP contribution in [0, 0.1) is 0 Å². The maximum absolute atomic E-state index is 3.26. The van der Waals surface area contributed by atoms with Crippen LogP contribution in [0.1, 0.15) is 0 Å². The van der Waals surface area contributed by atoms with E-state index in [1.807, 2.05) is 18.4 Å². The molecule has 0 spiro atoms. The van der Waals surface area contributed by atoms with Gasteiger partial charge in [0, 0.05) is 17.1 Å². The Bertz CT molecular complexity index is 1200. The van der Waals surface area contributed by atoms with Crippen molar-refractivity contribution in [3.8, 4) is 0 Å². The highest BCUT2D eigenvalue weighted by Gasteiger charge is 2.08. The van der Waals surface area contributed by atoms with Crippen molar-refractivity contribution in [3.05, 3.63) is 66.7 Å². The molecular formula is C21H15NS. The van der Waals surface area contributed by atoms with E-state index in [9.17, 15) is 0 Å². The molecule has 1 N–H and O–H groups in total. The molecule has 0 saturated heterocycles. The van der Waals surface area contributed by atoms with E-state index >= 15 is 0 Å². The molecule has 0 atom stereocenters. The molecule has 1 aromatic heterocycles. The van der Waals surface area contributed by atoms with E-state index in [1.165, 1.54) is 47.4 Å². The number of rotatable bonds is 1. The number of hydrogen-bond acceptors (Lipinski definition) is 2. The summed E-state index contributed by atoms with van der Waals surface area (Å²) in [6.45, 7) is 0. The predicted molar refractivity (Wildman–Crippen MR) is 104 cm³/mol. The zero-order valence-corrected chi connectivity index (χ0v) is 13.6. The Morgan fingerprint density at radius 1 is 0.652 bits per heavy atom. The van der Waals surface area contributed by atoms with E-state index in [-0.39, 0.29) is 0 Å². The molecule has 4 aromatic carbocycles. The second-order valence-electron chi connectivity index (χ2n) is 5.92. The third kappa shape index (κ3) is 1.85. The average molecular weight is 313 g/mol. The minimum atomic E-state index is 1.21. The van der Waals surface area contributed by atoms with Crippen LogP contribution >= 0.6 is 11.3 Å². The summed E-state index contributed by atoms with van der Waals surface area (Å²) in [6.07, 6.45) is 0. The molecule has 0 unspecified atom stereocenters. The molecule has 0 radical (unpaired) electrons. The van der Waals surface area contributed by atoms with Crippen molar-refractivity contribution in [2.45, 2.75) is 0 Å². The Hall–Kier alpha value is -2.58. The molecule has 0 aliphatic rings. The van der Waals surface area contributed by atoms with Gasteiger partial charge in [-0.25, -0.2) is 0 Å². The van der Waals surface area contributed by atoms with Crippen LogP contribution in [0.25, 0.3) is 42.4 Å². The third-order valence-electron chi connectivity index (χ3n) is 4.63. The van der Waals surface area contributed by atoms with Crippen molar-refractivity contribution in [1.82, 2.24) is 0 Å². The van der Waals surface area contributed by atoms with Crippen molar-refractivity contribution < 1.29 is 0 Å². The third-order valence-corrected chi connectivity index (χ3v) is 5.74. The fraction of sp³-hybridized carbons (Fsp3) is 0.0476. The number of fused-ring (bicyclic) bond motifs is 6. The highest BCUT2D eigenvalue weighted by molar-refractivity contribution is 7.23. The maximum Gasteiger partial charge on any atom is 0.0892 e. The molecule has 5 rings (SSSR count). The van der Waals surface area contributed by atoms with Crippen LogP contribution in [-0.4, -0.2) is 7.05 Å². The fourth-order valence-corrected chi connectivity index (χ4v) is 4.40. The van der Waals surface area contributed by atoms with E-state index in [0.29, 0.717) is 0 Å². The smallest absolute Gasteiger partial charge is 0.0892 e. The SMILES string of the molecule is CNc1cc2c(ccc3c4cc5ccccc5cc4ccc23)s1. The summed E-state index contributed by atoms with van der Waals surface area (Å²) in [5.41, 5.74) is 0. The van der Waals surface area contributed by atoms with E-state index in [1.54, 1.807) is 0 Å². The Labute approximate surface area is 138 Å². The average Bonchev–Trinajstić information content (AvgIpc) is 3.03. The molecule has 0 aliphatic carbocycles. The summed E-state index contributed by atoms with van der Waals surface area (Å²) in [7, 11) is 1.98. The lowest BCUT2D eigenvalue weighted by molar-refractivity contribution is 1.60. The van der Waals surface area contributed by atoms with Crippen LogP contribution < -0.4 is 5.32 Å². The number of hydrogen-bond donors (Lipinski definition) is 1. The summed E-state index contributed by atoms with van der Waals surface area (Å²) in [6, 6.07) is 24.5. The van der Waals surface area contributed by atoms with Gasteiger partial charge in [-0.05, 0) is 56.6 Å². The number of thiophene rings is 1. The van der Waals surface area contributed by atoms with Gasteiger partial charge in [0.25, 0.3) is 0 Å². The molecule has 0 aliphatic heterocycles. The number of nitrogens with one attached hydrogen (secondary N) is 1. The monoisotopic (exact) mass is 313 g/mol. The lowest BCUT2D eigenvalue weighted by Gasteiger charge is -2.07. The van der Waals surface area contributed by atoms with Gasteiger partial charge in [-0.2, -0.15) is 0 Å². The first-order valence-corrected chi connectivity index (χ1v) is 8.61. The van der Waals surface area contributed by atoms with Gasteiger partial charge in [0.15, 0.2) is 0 Å². The van der Waals surface area contributed by atoms with Crippen LogP contribution in [0.5, 0.6) is 0 Å². The largest absolute Gasteiger partial charge is 0.380 e. The van der Waals surface area contributed by atoms with Crippen LogP contribution in [0.4, 0.5) is 5.00 Å². The van der Waals surface area contributed by atoms with Crippen LogP contribution in [0.3, 0.4) is 0 Å². The van der Waals surface area contributed by atoms with Crippen LogP contribution in [0.2, 0.25) is 0 Å². The Kier molecular flexibility index (Phi) is 2.64. The molecule has 1 nitrogen and oxygen atoms in total. The molecular weight excluding hydrogens is 298 g/mol. The van der Waals surface area contributed by atoms with Crippen molar-refractivity contribution in [2.24, 2.45) is 0 Å². The summed E-state index contributed by atoms with van der Waals surface area (Å²) >= 11 is 1.81. The van der Waals surface area contributed by atoms with Gasteiger partial charge >= 0.3 is 0 Å². The lowest BCUT2D eigenvalue weighted by Crippen LogP contribution is -1.81. The summed E-state index contributed by atoms with van der Waals surface area (Å²) in [5.74, 6) is 0. The first-order chi connectivity index (χ1) is 11.3. The molecule has 110 valence electrons. The van der Waals surface area contributed by atoms with E-state index in [4.69, 9.17) is 0 Å². The van der Waals surface area contributed by atoms with Crippen molar-refractivity contribution in [1.29, 1.82) is 0 Å². The first-order valence-electron chi connectivity index (χ1n) is 7.79. The normalized spacial score (nSPS) is 11.7. The quantitative estimate of drug-likeness (QED) is 0.279. The van der Waals surface area contributed by atoms with E-state index in [0.717, 1.165) is 0 Å². The Morgan fingerprint density at radius 2 is 1.39 bits per heavy atom. The van der Waals surface area contributed by atoms with Crippen molar-refractivity contribution in [3.63, 3.8) is 0 Å². The second-order valence-corrected chi connectivity index (χ2v) is 7.00. The second kappa shape index (κ2) is 4.71. The molecule has 0 saturated carbocycles. The van der Waals surface area contributed by atoms with Crippen molar-refractivity contribution in [2.75, 3.05) is 12.4 Å². The van der Waals surface area contributed by atoms with E-state index < -0.39 is 0 Å². The van der Waals surface area contributed by atoms with Gasteiger partial charge in [0.1, 0.15) is 0 Å². The zero-order valence-electron chi connectivity index (χ0n) is 12.8. The van der Waals surface area contributed by atoms with E-state index in [2.05, 4.69) is 72.0 Å². The zero-order chi connectivity index (χ0) is 15.4. The standard InChI is InChI=1S/C21H15NS/c1-22-21-12-19-17-7-6-15-10-13-4-2-3-5-14(13)11-18(15)16(17)8-9-20(19)23-21/h2-12,22H,1H3. The topological polar surface area (TPSA) is 12.0 Å². The lowest BCUT2D eigenvalue weighted by atomic mass is 9.97. The van der Waals surface area contributed by atoms with Gasteiger partial charge in [-0.15, -0.1) is 11.3 Å². The highest BCUT2D eigenvalue weighted by atomic mass is 32.1. The molecule has 5 aromatic rings. The molecule has 1 heterocycles. The summed E-state index contributed by atoms with van der Waals surface area (Å²) in [5, 5.41) is 13.7. The molecule has 0 amide bonds. The minimum absolute atomic E-state index is 1.21. The van der Waals surface area contributed by atoms with Crippen LogP contribution in [-0.2, 0) is 0 Å². The predicted octanol–water partition coefficient (Wildman–Crippen LogP) is 6.40. The number of anilines is 1. The van der Waals surface area contributed by atoms with Gasteiger partial charge in [0.2, 0.25) is 0 Å². The molecule has 2 heteroatoms. The first kappa shape index (κ1) is 12.9. The van der Waals surface area contributed by atoms with Gasteiger partial charge < -0.3 is 5.32 Å². The minimum Gasteiger partial charge on any atom is -0.380 e. The van der Waals surface area contributed by atoms with Gasteiger partial charge in [0.05, 0.1) is 5.00 Å². The Morgan fingerprint density at radius 3 is 2.22 bits per heavy atom. The van der Waals surface area contributed by atoms with Gasteiger partial charge in [-0.3, -0.25) is 0 Å². The maximum atomic E-state index is 3.26. The van der Waals surface area contributed by atoms with Crippen molar-refractivity contribution >= 4 is 58.7 Å². The highest BCUT2D eigenvalue weighted by Crippen LogP contribution is 2.38. The number of benzene rings is 4. The summed E-state index contributed by atoms with van der Waals surface area (Å²) in [4.78, 5) is 0.